The van der Waals surface area contributed by atoms with Crippen LogP contribution in [0.5, 0.6) is 0 Å². The Labute approximate surface area is 79.8 Å². The first-order valence-corrected chi connectivity index (χ1v) is 4.64. The van der Waals surface area contributed by atoms with Crippen LogP contribution in [0.2, 0.25) is 0 Å². The third-order valence-corrected chi connectivity index (χ3v) is 2.29. The van der Waals surface area contributed by atoms with Gasteiger partial charge in [-0.3, -0.25) is 0 Å². The third-order valence-electron chi connectivity index (χ3n) is 2.29. The number of aliphatic hydroxyl groups excluding tert-OH is 1. The van der Waals surface area contributed by atoms with Gasteiger partial charge in [0.25, 0.3) is 0 Å². The fourth-order valence-electron chi connectivity index (χ4n) is 1.19. The summed E-state index contributed by atoms with van der Waals surface area (Å²) >= 11 is 0. The molecule has 72 valence electrons. The first-order chi connectivity index (χ1) is 6.15. The van der Waals surface area contributed by atoms with Crippen molar-refractivity contribution in [3.63, 3.8) is 0 Å². The van der Waals surface area contributed by atoms with Crippen LogP contribution in [-0.2, 0) is 0 Å². The van der Waals surface area contributed by atoms with Crippen LogP contribution >= 0.6 is 0 Å². The van der Waals surface area contributed by atoms with E-state index in [0.717, 1.165) is 12.1 Å². The minimum atomic E-state index is -0.374. The molecule has 0 fully saturated rings. The van der Waals surface area contributed by atoms with Gasteiger partial charge in [-0.15, -0.1) is 0 Å². The van der Waals surface area contributed by atoms with Gasteiger partial charge in [-0.25, -0.2) is 0 Å². The van der Waals surface area contributed by atoms with E-state index in [2.05, 4.69) is 18.9 Å². The van der Waals surface area contributed by atoms with Crippen molar-refractivity contribution in [2.45, 2.75) is 20.0 Å². The zero-order valence-corrected chi connectivity index (χ0v) is 8.49. The molecule has 0 aliphatic carbocycles. The van der Waals surface area contributed by atoms with Crippen LogP contribution in [0.1, 0.15) is 25.5 Å². The monoisotopic (exact) mass is 179 g/mol. The number of rotatable bonds is 3. The van der Waals surface area contributed by atoms with Gasteiger partial charge in [0.05, 0.1) is 6.10 Å². The van der Waals surface area contributed by atoms with Gasteiger partial charge < -0.3 is 10.0 Å². The zero-order chi connectivity index (χ0) is 9.84. The molecule has 2 heteroatoms. The minimum Gasteiger partial charge on any atom is -0.389 e. The molecule has 1 aromatic rings. The molecule has 0 amide bonds. The largest absolute Gasteiger partial charge is 0.389 e. The summed E-state index contributed by atoms with van der Waals surface area (Å²) in [6.07, 6.45) is -0.374. The van der Waals surface area contributed by atoms with Gasteiger partial charge in [0.15, 0.2) is 0 Å². The summed E-state index contributed by atoms with van der Waals surface area (Å²) in [5.74, 6) is 0. The number of aliphatic hydroxyl groups is 1. The van der Waals surface area contributed by atoms with Crippen molar-refractivity contribution in [1.29, 1.82) is 0 Å². The lowest BCUT2D eigenvalue weighted by molar-refractivity contribution is 0.199. The average molecular weight is 179 g/mol. The van der Waals surface area contributed by atoms with Crippen molar-refractivity contribution < 1.29 is 5.11 Å². The van der Waals surface area contributed by atoms with E-state index in [1.54, 1.807) is 6.92 Å². The van der Waals surface area contributed by atoms with Crippen molar-refractivity contribution in [1.82, 2.24) is 0 Å². The van der Waals surface area contributed by atoms with E-state index in [1.165, 1.54) is 5.69 Å². The summed E-state index contributed by atoms with van der Waals surface area (Å²) in [7, 11) is 2.05. The number of hydrogen-bond acceptors (Lipinski definition) is 2. The second kappa shape index (κ2) is 4.28. The Hall–Kier alpha value is -1.02. The van der Waals surface area contributed by atoms with E-state index in [1.807, 2.05) is 24.3 Å². The van der Waals surface area contributed by atoms with Crippen molar-refractivity contribution in [3.05, 3.63) is 29.8 Å². The normalized spacial score (nSPS) is 12.6. The molecule has 13 heavy (non-hydrogen) atoms. The Morgan fingerprint density at radius 1 is 1.31 bits per heavy atom. The number of benzene rings is 1. The van der Waals surface area contributed by atoms with E-state index >= 15 is 0 Å². The molecule has 0 aliphatic rings. The molecule has 0 saturated heterocycles. The van der Waals surface area contributed by atoms with E-state index in [9.17, 15) is 5.11 Å². The summed E-state index contributed by atoms with van der Waals surface area (Å²) in [6, 6.07) is 8.00. The van der Waals surface area contributed by atoms with Gasteiger partial charge in [-0.1, -0.05) is 12.1 Å². The van der Waals surface area contributed by atoms with Crippen LogP contribution in [-0.4, -0.2) is 18.7 Å². The highest BCUT2D eigenvalue weighted by Gasteiger charge is 2.01. The molecule has 0 aromatic heterocycles. The van der Waals surface area contributed by atoms with Gasteiger partial charge in [0.2, 0.25) is 0 Å². The molecule has 1 aromatic carbocycles. The van der Waals surface area contributed by atoms with E-state index in [0.29, 0.717) is 0 Å². The average Bonchev–Trinajstić information content (AvgIpc) is 2.17. The maximum atomic E-state index is 9.30. The van der Waals surface area contributed by atoms with Gasteiger partial charge >= 0.3 is 0 Å². The van der Waals surface area contributed by atoms with Crippen molar-refractivity contribution >= 4 is 5.69 Å². The second-order valence-corrected chi connectivity index (χ2v) is 3.28. The van der Waals surface area contributed by atoms with Crippen LogP contribution in [0.25, 0.3) is 0 Å². The summed E-state index contributed by atoms with van der Waals surface area (Å²) < 4.78 is 0. The Morgan fingerprint density at radius 3 is 2.23 bits per heavy atom. The highest BCUT2D eigenvalue weighted by atomic mass is 16.3. The lowest BCUT2D eigenvalue weighted by Crippen LogP contribution is -2.15. The Morgan fingerprint density at radius 2 is 1.85 bits per heavy atom. The number of nitrogens with zero attached hydrogens (tertiary/aromatic N) is 1. The van der Waals surface area contributed by atoms with E-state index in [4.69, 9.17) is 0 Å². The van der Waals surface area contributed by atoms with Crippen molar-refractivity contribution in [3.8, 4) is 0 Å². The molecular formula is C11H17NO. The predicted molar refractivity (Wildman–Crippen MR) is 56.0 cm³/mol. The maximum Gasteiger partial charge on any atom is 0.0761 e. The molecular weight excluding hydrogens is 162 g/mol. The maximum absolute atomic E-state index is 9.30. The van der Waals surface area contributed by atoms with E-state index in [-0.39, 0.29) is 6.10 Å². The van der Waals surface area contributed by atoms with Crippen LogP contribution < -0.4 is 4.90 Å². The predicted octanol–water partition coefficient (Wildman–Crippen LogP) is 2.20. The molecule has 0 spiro atoms. The molecule has 1 N–H and O–H groups in total. The van der Waals surface area contributed by atoms with Gasteiger partial charge in [0, 0.05) is 19.3 Å². The van der Waals surface area contributed by atoms with Crippen LogP contribution in [0.15, 0.2) is 24.3 Å². The highest BCUT2D eigenvalue weighted by molar-refractivity contribution is 5.46. The molecule has 2 nitrogen and oxygen atoms in total. The first-order valence-electron chi connectivity index (χ1n) is 4.64. The lowest BCUT2D eigenvalue weighted by atomic mass is 10.1. The topological polar surface area (TPSA) is 23.5 Å². The van der Waals surface area contributed by atoms with Gasteiger partial charge in [-0.2, -0.15) is 0 Å². The fraction of sp³-hybridized carbons (Fsp3) is 0.455. The van der Waals surface area contributed by atoms with E-state index < -0.39 is 0 Å². The van der Waals surface area contributed by atoms with Crippen LogP contribution in [0, 0.1) is 0 Å². The fourth-order valence-corrected chi connectivity index (χ4v) is 1.19. The summed E-state index contributed by atoms with van der Waals surface area (Å²) in [4.78, 5) is 2.16. The van der Waals surface area contributed by atoms with Gasteiger partial charge in [-0.05, 0) is 31.5 Å². The molecule has 0 aliphatic heterocycles. The highest BCUT2D eigenvalue weighted by Crippen LogP contribution is 2.17. The molecule has 0 saturated carbocycles. The van der Waals surface area contributed by atoms with Crippen LogP contribution in [0.3, 0.4) is 0 Å². The number of anilines is 1. The lowest BCUT2D eigenvalue weighted by Gasteiger charge is -2.17. The Kier molecular flexibility index (Phi) is 3.32. The standard InChI is InChI=1S/C11H17NO/c1-4-12(3)11-7-5-10(6-8-11)9(2)13/h5-9,13H,4H2,1-3H3/t9-/m1/s1. The molecule has 0 radical (unpaired) electrons. The molecule has 1 atom stereocenters. The van der Waals surface area contributed by atoms with Gasteiger partial charge in [0.1, 0.15) is 0 Å². The second-order valence-electron chi connectivity index (χ2n) is 3.28. The first kappa shape index (κ1) is 10.1. The minimum absolute atomic E-state index is 0.374. The molecule has 0 heterocycles. The van der Waals surface area contributed by atoms with Crippen LogP contribution in [0.4, 0.5) is 5.69 Å². The van der Waals surface area contributed by atoms with Crippen molar-refractivity contribution in [2.24, 2.45) is 0 Å². The molecule has 0 bridgehead atoms. The summed E-state index contributed by atoms with van der Waals surface area (Å²) in [6.45, 7) is 4.88. The molecule has 0 unspecified atom stereocenters. The Balaban J connectivity index is 2.81. The summed E-state index contributed by atoms with van der Waals surface area (Å²) in [5.41, 5.74) is 2.15. The third kappa shape index (κ3) is 2.46. The Bertz CT molecular complexity index is 253. The summed E-state index contributed by atoms with van der Waals surface area (Å²) in [5, 5.41) is 9.30. The molecule has 1 rings (SSSR count). The quantitative estimate of drug-likeness (QED) is 0.769. The zero-order valence-electron chi connectivity index (χ0n) is 8.49. The number of hydrogen-bond donors (Lipinski definition) is 1. The smallest absolute Gasteiger partial charge is 0.0761 e. The SMILES string of the molecule is CCN(C)c1ccc([C@@H](C)O)cc1. The van der Waals surface area contributed by atoms with Crippen molar-refractivity contribution in [2.75, 3.05) is 18.5 Å².